The molecule has 1 heterocycles. The molecule has 0 amide bonds. The molecule has 2 aromatic rings. The lowest BCUT2D eigenvalue weighted by Crippen LogP contribution is -2.04. The Labute approximate surface area is 104 Å². The van der Waals surface area contributed by atoms with Gasteiger partial charge in [-0.05, 0) is 28.1 Å². The predicted molar refractivity (Wildman–Crippen MR) is 62.1 cm³/mol. The highest BCUT2D eigenvalue weighted by Crippen LogP contribution is 2.20. The van der Waals surface area contributed by atoms with Gasteiger partial charge in [-0.1, -0.05) is 0 Å². The Bertz CT molecular complexity index is 570. The van der Waals surface area contributed by atoms with Crippen molar-refractivity contribution >= 4 is 21.6 Å². The lowest BCUT2D eigenvalue weighted by Gasteiger charge is -2.03. The zero-order valence-corrected chi connectivity index (χ0v) is 10.1. The molecule has 0 aliphatic rings. The summed E-state index contributed by atoms with van der Waals surface area (Å²) in [6.45, 7) is 0.152. The highest BCUT2D eigenvalue weighted by atomic mass is 79.9. The SMILES string of the molecule is O=[N+]([O-])c1ccc(F)cc1Cn1cc(Br)cn1. The molecule has 88 valence electrons. The number of nitro groups is 1. The summed E-state index contributed by atoms with van der Waals surface area (Å²) in [5.74, 6) is -0.503. The van der Waals surface area contributed by atoms with Crippen LogP contribution in [0.2, 0.25) is 0 Å². The fourth-order valence-corrected chi connectivity index (χ4v) is 1.79. The molecule has 17 heavy (non-hydrogen) atoms. The molecule has 5 nitrogen and oxygen atoms in total. The van der Waals surface area contributed by atoms with E-state index in [1.807, 2.05) is 0 Å². The van der Waals surface area contributed by atoms with Gasteiger partial charge in [-0.25, -0.2) is 4.39 Å². The van der Waals surface area contributed by atoms with Gasteiger partial charge in [-0.15, -0.1) is 0 Å². The summed E-state index contributed by atoms with van der Waals surface area (Å²) >= 11 is 3.22. The van der Waals surface area contributed by atoms with Crippen molar-refractivity contribution in [1.29, 1.82) is 0 Å². The summed E-state index contributed by atoms with van der Waals surface area (Å²) in [6, 6.07) is 3.37. The molecule has 0 unspecified atom stereocenters. The van der Waals surface area contributed by atoms with Crippen molar-refractivity contribution in [2.24, 2.45) is 0 Å². The van der Waals surface area contributed by atoms with Gasteiger partial charge >= 0.3 is 0 Å². The smallest absolute Gasteiger partial charge is 0.267 e. The Kier molecular flexibility index (Phi) is 3.19. The molecule has 0 saturated carbocycles. The Morgan fingerprint density at radius 3 is 2.88 bits per heavy atom. The van der Waals surface area contributed by atoms with Crippen LogP contribution in [0.4, 0.5) is 10.1 Å². The van der Waals surface area contributed by atoms with Crippen LogP contribution in [0.5, 0.6) is 0 Å². The number of halogens is 2. The van der Waals surface area contributed by atoms with Crippen molar-refractivity contribution < 1.29 is 9.31 Å². The van der Waals surface area contributed by atoms with Crippen molar-refractivity contribution in [2.75, 3.05) is 0 Å². The second kappa shape index (κ2) is 4.62. The fraction of sp³-hybridized carbons (Fsp3) is 0.100. The van der Waals surface area contributed by atoms with Gasteiger partial charge in [0.1, 0.15) is 5.82 Å². The quantitative estimate of drug-likeness (QED) is 0.647. The van der Waals surface area contributed by atoms with Crippen LogP contribution in [0.1, 0.15) is 5.56 Å². The molecule has 2 rings (SSSR count). The number of rotatable bonds is 3. The van der Waals surface area contributed by atoms with Gasteiger partial charge < -0.3 is 0 Å². The second-order valence-electron chi connectivity index (χ2n) is 3.39. The van der Waals surface area contributed by atoms with E-state index in [9.17, 15) is 14.5 Å². The van der Waals surface area contributed by atoms with Crippen LogP contribution in [0.25, 0.3) is 0 Å². The number of nitro benzene ring substituents is 1. The van der Waals surface area contributed by atoms with Crippen LogP contribution in [0.3, 0.4) is 0 Å². The molecular formula is C10H7BrFN3O2. The number of benzene rings is 1. The van der Waals surface area contributed by atoms with Gasteiger partial charge in [-0.2, -0.15) is 5.10 Å². The first kappa shape index (κ1) is 11.7. The molecule has 0 atom stereocenters. The van der Waals surface area contributed by atoms with Crippen LogP contribution in [-0.4, -0.2) is 14.7 Å². The average Bonchev–Trinajstić information content (AvgIpc) is 2.63. The highest BCUT2D eigenvalue weighted by Gasteiger charge is 2.14. The van der Waals surface area contributed by atoms with Crippen LogP contribution in [0, 0.1) is 15.9 Å². The fourth-order valence-electron chi connectivity index (χ4n) is 1.46. The van der Waals surface area contributed by atoms with E-state index in [4.69, 9.17) is 0 Å². The van der Waals surface area contributed by atoms with Gasteiger partial charge in [0.2, 0.25) is 0 Å². The molecule has 0 radical (unpaired) electrons. The Balaban J connectivity index is 2.37. The summed E-state index contributed by atoms with van der Waals surface area (Å²) < 4.78 is 15.3. The maximum Gasteiger partial charge on any atom is 0.274 e. The molecule has 0 aliphatic heterocycles. The van der Waals surface area contributed by atoms with E-state index in [1.54, 1.807) is 12.4 Å². The topological polar surface area (TPSA) is 61.0 Å². The van der Waals surface area contributed by atoms with Crippen LogP contribution >= 0.6 is 15.9 Å². The number of hydrogen-bond donors (Lipinski definition) is 0. The maximum absolute atomic E-state index is 13.1. The molecule has 0 fully saturated rings. The van der Waals surface area contributed by atoms with Crippen LogP contribution in [-0.2, 0) is 6.54 Å². The number of aromatic nitrogens is 2. The van der Waals surface area contributed by atoms with Gasteiger partial charge in [-0.3, -0.25) is 14.8 Å². The van der Waals surface area contributed by atoms with Crippen molar-refractivity contribution in [1.82, 2.24) is 9.78 Å². The molecule has 7 heteroatoms. The van der Waals surface area contributed by atoms with Gasteiger partial charge in [0, 0.05) is 12.3 Å². The highest BCUT2D eigenvalue weighted by molar-refractivity contribution is 9.10. The minimum Gasteiger partial charge on any atom is -0.267 e. The van der Waals surface area contributed by atoms with Crippen molar-refractivity contribution in [2.45, 2.75) is 6.54 Å². The third-order valence-corrected chi connectivity index (χ3v) is 2.58. The summed E-state index contributed by atoms with van der Waals surface area (Å²) in [7, 11) is 0. The van der Waals surface area contributed by atoms with Crippen molar-refractivity contribution in [3.63, 3.8) is 0 Å². The van der Waals surface area contributed by atoms with Crippen LogP contribution < -0.4 is 0 Å². The van der Waals surface area contributed by atoms with Gasteiger partial charge in [0.15, 0.2) is 0 Å². The monoisotopic (exact) mass is 299 g/mol. The lowest BCUT2D eigenvalue weighted by atomic mass is 10.2. The third kappa shape index (κ3) is 2.68. The second-order valence-corrected chi connectivity index (χ2v) is 4.30. The molecule has 1 aromatic heterocycles. The molecule has 0 N–H and O–H groups in total. The van der Waals surface area contributed by atoms with E-state index < -0.39 is 10.7 Å². The van der Waals surface area contributed by atoms with E-state index >= 15 is 0 Å². The molecular weight excluding hydrogens is 293 g/mol. The minimum atomic E-state index is -0.534. The zero-order chi connectivity index (χ0) is 12.4. The summed E-state index contributed by atoms with van der Waals surface area (Å²) in [5, 5.41) is 14.7. The Morgan fingerprint density at radius 1 is 1.53 bits per heavy atom. The average molecular weight is 300 g/mol. The van der Waals surface area contributed by atoms with Gasteiger partial charge in [0.25, 0.3) is 5.69 Å². The molecule has 0 spiro atoms. The van der Waals surface area contributed by atoms with E-state index in [2.05, 4.69) is 21.0 Å². The molecule has 1 aromatic carbocycles. The zero-order valence-electron chi connectivity index (χ0n) is 8.51. The van der Waals surface area contributed by atoms with E-state index in [-0.39, 0.29) is 17.8 Å². The van der Waals surface area contributed by atoms with E-state index in [0.717, 1.165) is 22.7 Å². The number of nitrogens with zero attached hydrogens (tertiary/aromatic N) is 3. The minimum absolute atomic E-state index is 0.113. The number of hydrogen-bond acceptors (Lipinski definition) is 3. The standard InChI is InChI=1S/C10H7BrFN3O2/c11-8-4-13-14(6-8)5-7-3-9(12)1-2-10(7)15(16)17/h1-4,6H,5H2. The first-order chi connectivity index (χ1) is 8.06. The predicted octanol–water partition coefficient (Wildman–Crippen LogP) is 2.74. The summed E-state index contributed by atoms with van der Waals surface area (Å²) in [6.07, 6.45) is 3.22. The molecule has 0 aliphatic carbocycles. The summed E-state index contributed by atoms with van der Waals surface area (Å²) in [5.41, 5.74) is 0.170. The first-order valence-corrected chi connectivity index (χ1v) is 5.46. The van der Waals surface area contributed by atoms with E-state index in [1.165, 1.54) is 4.68 Å². The van der Waals surface area contributed by atoms with Crippen LogP contribution in [0.15, 0.2) is 35.1 Å². The third-order valence-electron chi connectivity index (χ3n) is 2.17. The first-order valence-electron chi connectivity index (χ1n) is 4.67. The molecule has 0 bridgehead atoms. The van der Waals surface area contributed by atoms with Crippen molar-refractivity contribution in [3.05, 3.63) is 56.6 Å². The molecule has 0 saturated heterocycles. The maximum atomic E-state index is 13.1. The Hall–Kier alpha value is -1.76. The van der Waals surface area contributed by atoms with Gasteiger partial charge in [0.05, 0.1) is 27.7 Å². The lowest BCUT2D eigenvalue weighted by molar-refractivity contribution is -0.385. The van der Waals surface area contributed by atoms with E-state index in [0.29, 0.717) is 0 Å². The Morgan fingerprint density at radius 2 is 2.29 bits per heavy atom. The summed E-state index contributed by atoms with van der Waals surface area (Å²) in [4.78, 5) is 10.2. The van der Waals surface area contributed by atoms with Crippen molar-refractivity contribution in [3.8, 4) is 0 Å². The largest absolute Gasteiger partial charge is 0.274 e. The normalized spacial score (nSPS) is 10.5.